The zero-order valence-corrected chi connectivity index (χ0v) is 11.5. The lowest BCUT2D eigenvalue weighted by atomic mass is 10.1. The number of nitrogens with zero attached hydrogens (tertiary/aromatic N) is 3. The van der Waals surface area contributed by atoms with Gasteiger partial charge in [0.2, 0.25) is 0 Å². The van der Waals surface area contributed by atoms with Gasteiger partial charge in [0.05, 0.1) is 0 Å². The van der Waals surface area contributed by atoms with Crippen molar-refractivity contribution in [3.8, 4) is 0 Å². The molecule has 5 heteroatoms. The second-order valence-corrected chi connectivity index (χ2v) is 5.49. The predicted octanol–water partition coefficient (Wildman–Crippen LogP) is 2.46. The molecule has 0 aliphatic carbocycles. The molecule has 1 N–H and O–H groups in total. The molecule has 0 saturated carbocycles. The first-order chi connectivity index (χ1) is 8.72. The molecule has 0 bridgehead atoms. The first kappa shape index (κ1) is 11.9. The fraction of sp³-hybridized carbons (Fsp3) is 0.385. The predicted molar refractivity (Wildman–Crippen MR) is 71.2 cm³/mol. The molecule has 0 fully saturated rings. The van der Waals surface area contributed by atoms with Crippen molar-refractivity contribution >= 4 is 15.9 Å². The van der Waals surface area contributed by atoms with E-state index < -0.39 is 6.10 Å². The van der Waals surface area contributed by atoms with E-state index in [4.69, 9.17) is 0 Å². The third-order valence-electron chi connectivity index (χ3n) is 3.14. The van der Waals surface area contributed by atoms with Crippen LogP contribution in [0.5, 0.6) is 0 Å². The van der Waals surface area contributed by atoms with Gasteiger partial charge in [0.25, 0.3) is 0 Å². The van der Waals surface area contributed by atoms with Crippen molar-refractivity contribution in [2.45, 2.75) is 31.9 Å². The van der Waals surface area contributed by atoms with E-state index in [9.17, 15) is 5.11 Å². The molecule has 94 valence electrons. The Hall–Kier alpha value is -1.20. The van der Waals surface area contributed by atoms with Gasteiger partial charge in [-0.25, -0.2) is 9.67 Å². The summed E-state index contributed by atoms with van der Waals surface area (Å²) in [6.07, 6.45) is 2.00. The third-order valence-corrected chi connectivity index (χ3v) is 3.63. The molecule has 1 aromatic carbocycles. The molecule has 0 amide bonds. The molecule has 1 unspecified atom stereocenters. The van der Waals surface area contributed by atoms with Crippen LogP contribution < -0.4 is 0 Å². The molecular weight excluding hydrogens is 294 g/mol. The first-order valence-corrected chi connectivity index (χ1v) is 6.88. The van der Waals surface area contributed by atoms with E-state index in [1.165, 1.54) is 5.56 Å². The Labute approximate surface area is 114 Å². The van der Waals surface area contributed by atoms with E-state index in [-0.39, 0.29) is 0 Å². The standard InChI is InChI=1S/C13H14BrN3O/c14-10-4-1-3-9(7-10)8-12-15-13-11(18)5-2-6-17(13)16-12/h1,3-4,7,11,18H,2,5-6,8H2. The molecule has 0 saturated heterocycles. The van der Waals surface area contributed by atoms with Crippen molar-refractivity contribution < 1.29 is 5.11 Å². The quantitative estimate of drug-likeness (QED) is 0.927. The van der Waals surface area contributed by atoms with Crippen LogP contribution in [0.2, 0.25) is 0 Å². The fourth-order valence-electron chi connectivity index (χ4n) is 2.28. The number of aliphatic hydroxyl groups excluding tert-OH is 1. The lowest BCUT2D eigenvalue weighted by molar-refractivity contribution is 0.130. The highest BCUT2D eigenvalue weighted by atomic mass is 79.9. The van der Waals surface area contributed by atoms with Crippen LogP contribution in [-0.2, 0) is 13.0 Å². The van der Waals surface area contributed by atoms with Crippen LogP contribution in [0.15, 0.2) is 28.7 Å². The van der Waals surface area contributed by atoms with Crippen LogP contribution in [0.25, 0.3) is 0 Å². The van der Waals surface area contributed by atoms with Gasteiger partial charge in [-0.05, 0) is 30.5 Å². The SMILES string of the molecule is OC1CCCn2nc(Cc3cccc(Br)c3)nc21. The maximum Gasteiger partial charge on any atom is 0.156 e. The minimum Gasteiger partial charge on any atom is -0.385 e. The maximum atomic E-state index is 9.85. The van der Waals surface area contributed by atoms with E-state index in [2.05, 4.69) is 38.1 Å². The Kier molecular flexibility index (Phi) is 3.18. The first-order valence-electron chi connectivity index (χ1n) is 6.08. The summed E-state index contributed by atoms with van der Waals surface area (Å²) in [5.74, 6) is 1.50. The Morgan fingerprint density at radius 1 is 1.44 bits per heavy atom. The number of rotatable bonds is 2. The molecule has 1 aliphatic heterocycles. The van der Waals surface area contributed by atoms with Gasteiger partial charge in [0.15, 0.2) is 11.6 Å². The molecule has 2 heterocycles. The van der Waals surface area contributed by atoms with Crippen molar-refractivity contribution in [1.29, 1.82) is 0 Å². The molecule has 0 radical (unpaired) electrons. The van der Waals surface area contributed by atoms with Gasteiger partial charge < -0.3 is 5.11 Å². The normalized spacial score (nSPS) is 18.7. The summed E-state index contributed by atoms with van der Waals surface area (Å²) < 4.78 is 2.89. The second kappa shape index (κ2) is 4.82. The summed E-state index contributed by atoms with van der Waals surface area (Å²) in [5.41, 5.74) is 1.17. The van der Waals surface area contributed by atoms with Crippen molar-refractivity contribution in [3.05, 3.63) is 46.0 Å². The summed E-state index contributed by atoms with van der Waals surface area (Å²) in [7, 11) is 0. The highest BCUT2D eigenvalue weighted by Gasteiger charge is 2.21. The number of aryl methyl sites for hydroxylation is 1. The van der Waals surface area contributed by atoms with E-state index in [1.807, 2.05) is 16.8 Å². The van der Waals surface area contributed by atoms with Crippen molar-refractivity contribution in [2.24, 2.45) is 0 Å². The topological polar surface area (TPSA) is 50.9 Å². The molecule has 18 heavy (non-hydrogen) atoms. The summed E-state index contributed by atoms with van der Waals surface area (Å²) >= 11 is 3.46. The largest absolute Gasteiger partial charge is 0.385 e. The molecule has 0 spiro atoms. The Morgan fingerprint density at radius 2 is 2.33 bits per heavy atom. The smallest absolute Gasteiger partial charge is 0.156 e. The third kappa shape index (κ3) is 2.33. The Bertz CT molecular complexity index is 567. The molecule has 1 aliphatic rings. The van der Waals surface area contributed by atoms with Crippen LogP contribution in [-0.4, -0.2) is 19.9 Å². The van der Waals surface area contributed by atoms with Gasteiger partial charge in [-0.2, -0.15) is 5.10 Å². The van der Waals surface area contributed by atoms with Crippen LogP contribution in [0.1, 0.15) is 36.2 Å². The lowest BCUT2D eigenvalue weighted by Gasteiger charge is -2.16. The Morgan fingerprint density at radius 3 is 3.11 bits per heavy atom. The van der Waals surface area contributed by atoms with Gasteiger partial charge in [-0.1, -0.05) is 28.1 Å². The van der Waals surface area contributed by atoms with Crippen molar-refractivity contribution in [3.63, 3.8) is 0 Å². The van der Waals surface area contributed by atoms with E-state index in [1.54, 1.807) is 0 Å². The Balaban J connectivity index is 1.85. The van der Waals surface area contributed by atoms with Gasteiger partial charge in [-0.3, -0.25) is 0 Å². The molecule has 2 aromatic rings. The zero-order valence-electron chi connectivity index (χ0n) is 9.88. The summed E-state index contributed by atoms with van der Waals surface area (Å²) in [4.78, 5) is 4.44. The zero-order chi connectivity index (χ0) is 12.5. The monoisotopic (exact) mass is 307 g/mol. The van der Waals surface area contributed by atoms with Crippen molar-refractivity contribution in [2.75, 3.05) is 0 Å². The van der Waals surface area contributed by atoms with Crippen LogP contribution in [0.4, 0.5) is 0 Å². The number of halogens is 1. The van der Waals surface area contributed by atoms with E-state index >= 15 is 0 Å². The average Bonchev–Trinajstić information content (AvgIpc) is 2.73. The molecular formula is C13H14BrN3O. The number of hydrogen-bond acceptors (Lipinski definition) is 3. The average molecular weight is 308 g/mol. The molecule has 1 aromatic heterocycles. The summed E-state index contributed by atoms with van der Waals surface area (Å²) in [6, 6.07) is 8.13. The highest BCUT2D eigenvalue weighted by Crippen LogP contribution is 2.23. The lowest BCUT2D eigenvalue weighted by Crippen LogP contribution is -2.16. The maximum absolute atomic E-state index is 9.85. The summed E-state index contributed by atoms with van der Waals surface area (Å²) in [5, 5.41) is 14.3. The van der Waals surface area contributed by atoms with E-state index in [0.717, 1.165) is 29.7 Å². The van der Waals surface area contributed by atoms with Gasteiger partial charge in [-0.15, -0.1) is 0 Å². The molecule has 3 rings (SSSR count). The van der Waals surface area contributed by atoms with Gasteiger partial charge in [0, 0.05) is 17.4 Å². The minimum absolute atomic E-state index is 0.456. The molecule has 4 nitrogen and oxygen atoms in total. The minimum atomic E-state index is -0.456. The number of aliphatic hydroxyl groups is 1. The van der Waals surface area contributed by atoms with E-state index in [0.29, 0.717) is 12.2 Å². The number of aromatic nitrogens is 3. The fourth-order valence-corrected chi connectivity index (χ4v) is 2.73. The second-order valence-electron chi connectivity index (χ2n) is 4.57. The molecule has 1 atom stereocenters. The number of benzene rings is 1. The highest BCUT2D eigenvalue weighted by molar-refractivity contribution is 9.10. The van der Waals surface area contributed by atoms with Crippen LogP contribution >= 0.6 is 15.9 Å². The van der Waals surface area contributed by atoms with Gasteiger partial charge in [0.1, 0.15) is 6.10 Å². The number of fused-ring (bicyclic) bond motifs is 1. The number of hydrogen-bond donors (Lipinski definition) is 1. The van der Waals surface area contributed by atoms with Crippen molar-refractivity contribution in [1.82, 2.24) is 14.8 Å². The van der Waals surface area contributed by atoms with Gasteiger partial charge >= 0.3 is 0 Å². The summed E-state index contributed by atoms with van der Waals surface area (Å²) in [6.45, 7) is 0.859. The van der Waals surface area contributed by atoms with Crippen LogP contribution in [0, 0.1) is 0 Å². The van der Waals surface area contributed by atoms with Crippen LogP contribution in [0.3, 0.4) is 0 Å².